The first-order valence-electron chi connectivity index (χ1n) is 9.15. The highest BCUT2D eigenvalue weighted by atomic mass is 127. The number of hydrogen-bond acceptors (Lipinski definition) is 2. The third-order valence-corrected chi connectivity index (χ3v) is 5.75. The van der Waals surface area contributed by atoms with E-state index in [-0.39, 0.29) is 24.0 Å². The Morgan fingerprint density at radius 1 is 1.28 bits per heavy atom. The van der Waals surface area contributed by atoms with Gasteiger partial charge in [0.2, 0.25) is 0 Å². The number of halogens is 1. The van der Waals surface area contributed by atoms with Crippen molar-refractivity contribution in [3.05, 3.63) is 30.6 Å². The minimum atomic E-state index is 0. The number of nitrogens with one attached hydrogen (secondary N) is 1. The van der Waals surface area contributed by atoms with E-state index in [9.17, 15) is 0 Å². The van der Waals surface area contributed by atoms with Crippen molar-refractivity contribution in [2.75, 3.05) is 26.7 Å². The van der Waals surface area contributed by atoms with Crippen molar-refractivity contribution in [2.45, 2.75) is 38.6 Å². The summed E-state index contributed by atoms with van der Waals surface area (Å²) in [5, 5.41) is 3.55. The van der Waals surface area contributed by atoms with Crippen LogP contribution in [0.4, 0.5) is 0 Å². The molecule has 4 rings (SSSR count). The van der Waals surface area contributed by atoms with Gasteiger partial charge in [-0.05, 0) is 43.2 Å². The summed E-state index contributed by atoms with van der Waals surface area (Å²) in [5.41, 5.74) is 2.91. The summed E-state index contributed by atoms with van der Waals surface area (Å²) in [5.74, 6) is 1.08. The fourth-order valence-corrected chi connectivity index (χ4v) is 4.17. The van der Waals surface area contributed by atoms with E-state index < -0.39 is 0 Å². The van der Waals surface area contributed by atoms with E-state index in [4.69, 9.17) is 0 Å². The fourth-order valence-electron chi connectivity index (χ4n) is 4.17. The molecule has 1 aromatic heterocycles. The van der Waals surface area contributed by atoms with Gasteiger partial charge in [-0.15, -0.1) is 24.0 Å². The predicted molar refractivity (Wildman–Crippen MR) is 114 cm³/mol. The van der Waals surface area contributed by atoms with Crippen LogP contribution in [-0.2, 0) is 6.54 Å². The maximum Gasteiger partial charge on any atom is 0.193 e. The molecule has 2 heterocycles. The van der Waals surface area contributed by atoms with Crippen LogP contribution in [0, 0.1) is 5.41 Å². The Labute approximate surface area is 166 Å². The zero-order chi connectivity index (χ0) is 16.4. The molecule has 1 aliphatic heterocycles. The molecule has 6 heteroatoms. The number of imidazole rings is 1. The van der Waals surface area contributed by atoms with E-state index in [1.807, 2.05) is 19.4 Å². The molecule has 5 nitrogen and oxygen atoms in total. The van der Waals surface area contributed by atoms with Crippen molar-refractivity contribution in [2.24, 2.45) is 10.4 Å². The van der Waals surface area contributed by atoms with Gasteiger partial charge < -0.3 is 14.8 Å². The van der Waals surface area contributed by atoms with Crippen LogP contribution in [-0.4, -0.2) is 47.1 Å². The van der Waals surface area contributed by atoms with E-state index in [0.717, 1.165) is 37.5 Å². The zero-order valence-electron chi connectivity index (χ0n) is 14.9. The van der Waals surface area contributed by atoms with Crippen molar-refractivity contribution < 1.29 is 0 Å². The van der Waals surface area contributed by atoms with Crippen LogP contribution >= 0.6 is 24.0 Å². The van der Waals surface area contributed by atoms with Gasteiger partial charge in [0, 0.05) is 33.2 Å². The molecule has 0 atom stereocenters. The monoisotopic (exact) mass is 453 g/mol. The molecule has 1 saturated carbocycles. The molecule has 0 unspecified atom stereocenters. The average Bonchev–Trinajstić information content (AvgIpc) is 3.20. The molecule has 2 fully saturated rings. The van der Waals surface area contributed by atoms with Crippen LogP contribution in [0.1, 0.15) is 32.1 Å². The molecule has 0 radical (unpaired) electrons. The first-order valence-corrected chi connectivity index (χ1v) is 9.15. The Morgan fingerprint density at radius 2 is 2.12 bits per heavy atom. The summed E-state index contributed by atoms with van der Waals surface area (Å²) in [6.07, 6.45) is 8.59. The number of para-hydroxylation sites is 2. The fraction of sp³-hybridized carbons (Fsp3) is 0.579. The van der Waals surface area contributed by atoms with Crippen molar-refractivity contribution >= 4 is 41.0 Å². The Hall–Kier alpha value is -1.31. The lowest BCUT2D eigenvalue weighted by molar-refractivity contribution is 0.151. The molecule has 1 spiro atoms. The highest BCUT2D eigenvalue weighted by molar-refractivity contribution is 14.0. The summed E-state index contributed by atoms with van der Waals surface area (Å²) in [7, 11) is 1.90. The lowest BCUT2D eigenvalue weighted by Gasteiger charge is -2.38. The number of likely N-dealkylation sites (tertiary alicyclic amines) is 1. The number of aromatic nitrogens is 2. The minimum absolute atomic E-state index is 0. The van der Waals surface area contributed by atoms with E-state index in [0.29, 0.717) is 5.41 Å². The number of benzene rings is 1. The third-order valence-electron chi connectivity index (χ3n) is 5.75. The first kappa shape index (κ1) is 18.5. The Balaban J connectivity index is 0.00000182. The molecule has 2 aliphatic rings. The Bertz CT molecular complexity index is 734. The van der Waals surface area contributed by atoms with Crippen molar-refractivity contribution in [3.8, 4) is 0 Å². The normalized spacial score (nSPS) is 19.1. The number of hydrogen-bond donors (Lipinski definition) is 1. The lowest BCUT2D eigenvalue weighted by atomic mass is 9.68. The SMILES string of the molecule is CN=C(NCCCn1cnc2ccccc21)N1CCC2(CCC2)C1.I. The minimum Gasteiger partial charge on any atom is -0.356 e. The Kier molecular flexibility index (Phi) is 5.86. The standard InChI is InChI=1S/C19H27N5.HI/c1-20-18(23-13-10-19(14-23)8-4-9-19)21-11-5-12-24-15-22-16-6-2-3-7-17(16)24;/h2-3,6-7,15H,4-5,8-14H2,1H3,(H,20,21);1H. The molecular weight excluding hydrogens is 425 g/mol. The second kappa shape index (κ2) is 7.93. The van der Waals surface area contributed by atoms with Gasteiger partial charge in [-0.2, -0.15) is 0 Å². The molecule has 1 N–H and O–H groups in total. The highest BCUT2D eigenvalue weighted by Crippen LogP contribution is 2.47. The van der Waals surface area contributed by atoms with Crippen LogP contribution < -0.4 is 5.32 Å². The van der Waals surface area contributed by atoms with Gasteiger partial charge in [-0.1, -0.05) is 18.6 Å². The van der Waals surface area contributed by atoms with Crippen LogP contribution in [0.3, 0.4) is 0 Å². The molecule has 136 valence electrons. The van der Waals surface area contributed by atoms with Crippen molar-refractivity contribution in [3.63, 3.8) is 0 Å². The van der Waals surface area contributed by atoms with Crippen LogP contribution in [0.15, 0.2) is 35.6 Å². The number of aliphatic imine (C=N–C) groups is 1. The summed E-state index contributed by atoms with van der Waals surface area (Å²) in [6, 6.07) is 8.31. The molecule has 0 bridgehead atoms. The average molecular weight is 453 g/mol. The number of nitrogens with zero attached hydrogens (tertiary/aromatic N) is 4. The molecule has 1 saturated heterocycles. The largest absolute Gasteiger partial charge is 0.356 e. The van der Waals surface area contributed by atoms with Crippen molar-refractivity contribution in [1.29, 1.82) is 0 Å². The van der Waals surface area contributed by atoms with E-state index >= 15 is 0 Å². The smallest absolute Gasteiger partial charge is 0.193 e. The molecule has 0 amide bonds. The third kappa shape index (κ3) is 3.78. The number of aryl methyl sites for hydroxylation is 1. The topological polar surface area (TPSA) is 45.5 Å². The number of rotatable bonds is 4. The second-order valence-electron chi connectivity index (χ2n) is 7.28. The van der Waals surface area contributed by atoms with Gasteiger partial charge in [0.15, 0.2) is 5.96 Å². The van der Waals surface area contributed by atoms with Gasteiger partial charge in [0.05, 0.1) is 17.4 Å². The second-order valence-corrected chi connectivity index (χ2v) is 7.28. The molecule has 25 heavy (non-hydrogen) atoms. The maximum absolute atomic E-state index is 4.49. The Morgan fingerprint density at radius 3 is 2.84 bits per heavy atom. The van der Waals surface area contributed by atoms with Gasteiger partial charge in [-0.3, -0.25) is 4.99 Å². The van der Waals surface area contributed by atoms with Crippen LogP contribution in [0.25, 0.3) is 11.0 Å². The summed E-state index contributed by atoms with van der Waals surface area (Å²) >= 11 is 0. The molecule has 2 aromatic rings. The van der Waals surface area contributed by atoms with Gasteiger partial charge in [-0.25, -0.2) is 4.98 Å². The van der Waals surface area contributed by atoms with E-state index in [1.165, 1.54) is 37.7 Å². The predicted octanol–water partition coefficient (Wildman–Crippen LogP) is 3.50. The van der Waals surface area contributed by atoms with Crippen LogP contribution in [0.5, 0.6) is 0 Å². The number of fused-ring (bicyclic) bond motifs is 1. The number of guanidine groups is 1. The first-order chi connectivity index (χ1) is 11.8. The van der Waals surface area contributed by atoms with Gasteiger partial charge in [0.1, 0.15) is 0 Å². The van der Waals surface area contributed by atoms with Gasteiger partial charge in [0.25, 0.3) is 0 Å². The summed E-state index contributed by atoms with van der Waals surface area (Å²) in [6.45, 7) is 4.28. The van der Waals surface area contributed by atoms with E-state index in [1.54, 1.807) is 0 Å². The van der Waals surface area contributed by atoms with Gasteiger partial charge >= 0.3 is 0 Å². The van der Waals surface area contributed by atoms with Crippen molar-refractivity contribution in [1.82, 2.24) is 19.8 Å². The summed E-state index contributed by atoms with van der Waals surface area (Å²) < 4.78 is 2.24. The van der Waals surface area contributed by atoms with E-state index in [2.05, 4.69) is 43.0 Å². The molecule has 1 aromatic carbocycles. The lowest BCUT2D eigenvalue weighted by Crippen LogP contribution is -2.42. The quantitative estimate of drug-likeness (QED) is 0.334. The highest BCUT2D eigenvalue weighted by Gasteiger charge is 2.43. The van der Waals surface area contributed by atoms with Crippen LogP contribution in [0.2, 0.25) is 0 Å². The molecular formula is C19H28IN5. The zero-order valence-corrected chi connectivity index (χ0v) is 17.3. The maximum atomic E-state index is 4.49. The molecule has 1 aliphatic carbocycles. The summed E-state index contributed by atoms with van der Waals surface area (Å²) in [4.78, 5) is 11.4.